The summed E-state index contributed by atoms with van der Waals surface area (Å²) in [5.74, 6) is -0.510. The molecule has 0 aromatic heterocycles. The zero-order chi connectivity index (χ0) is 7.98. The minimum Gasteiger partial charge on any atom is -0.466 e. The van der Waals surface area contributed by atoms with E-state index in [9.17, 15) is 9.90 Å². The second-order valence-electron chi connectivity index (χ2n) is 1.67. The van der Waals surface area contributed by atoms with Crippen molar-refractivity contribution in [1.82, 2.24) is 0 Å². The molecule has 0 fully saturated rings. The highest BCUT2D eigenvalue weighted by molar-refractivity contribution is 5.69. The fourth-order valence-corrected chi connectivity index (χ4v) is 0.439. The SMILES string of the molecule is CCOC(=O)CC([O])OC. The standard InChI is InChI=1S/C6H11O4/c1-3-10-6(8)4-5(7)9-2/h5H,3-4H2,1-2H3. The number of carbonyl (C=O) groups excluding carboxylic acids is 1. The maximum absolute atomic E-state index is 10.5. The van der Waals surface area contributed by atoms with Gasteiger partial charge in [-0.25, -0.2) is 5.11 Å². The van der Waals surface area contributed by atoms with Crippen LogP contribution >= 0.6 is 0 Å². The van der Waals surface area contributed by atoms with Gasteiger partial charge in [-0.2, -0.15) is 0 Å². The van der Waals surface area contributed by atoms with Crippen LogP contribution in [0.1, 0.15) is 13.3 Å². The molecule has 0 amide bonds. The minimum atomic E-state index is -1.29. The van der Waals surface area contributed by atoms with E-state index in [0.717, 1.165) is 0 Å². The number of hydrogen-bond acceptors (Lipinski definition) is 3. The first-order valence-electron chi connectivity index (χ1n) is 3.05. The molecular weight excluding hydrogens is 136 g/mol. The van der Waals surface area contributed by atoms with Crippen molar-refractivity contribution in [2.45, 2.75) is 19.6 Å². The van der Waals surface area contributed by atoms with E-state index in [1.165, 1.54) is 7.11 Å². The zero-order valence-corrected chi connectivity index (χ0v) is 6.12. The minimum absolute atomic E-state index is 0.218. The van der Waals surface area contributed by atoms with Crippen LogP contribution in [0.5, 0.6) is 0 Å². The lowest BCUT2D eigenvalue weighted by Gasteiger charge is -2.04. The molecule has 0 N–H and O–H groups in total. The first-order valence-corrected chi connectivity index (χ1v) is 3.05. The van der Waals surface area contributed by atoms with E-state index in [1.54, 1.807) is 6.92 Å². The van der Waals surface area contributed by atoms with Gasteiger partial charge < -0.3 is 9.47 Å². The Morgan fingerprint density at radius 2 is 2.20 bits per heavy atom. The molecular formula is C6H11O4. The highest BCUT2D eigenvalue weighted by Gasteiger charge is 2.10. The van der Waals surface area contributed by atoms with Crippen molar-refractivity contribution in [2.24, 2.45) is 0 Å². The summed E-state index contributed by atoms with van der Waals surface area (Å²) in [7, 11) is 1.26. The maximum Gasteiger partial charge on any atom is 0.311 e. The molecule has 4 nitrogen and oxygen atoms in total. The normalized spacial score (nSPS) is 12.7. The lowest BCUT2D eigenvalue weighted by Crippen LogP contribution is -2.15. The van der Waals surface area contributed by atoms with Gasteiger partial charge in [0.25, 0.3) is 0 Å². The number of hydrogen-bond donors (Lipinski definition) is 0. The van der Waals surface area contributed by atoms with Crippen molar-refractivity contribution < 1.29 is 19.4 Å². The fraction of sp³-hybridized carbons (Fsp3) is 0.833. The Balaban J connectivity index is 3.37. The molecule has 0 rings (SSSR count). The van der Waals surface area contributed by atoms with Gasteiger partial charge in [0, 0.05) is 7.11 Å². The van der Waals surface area contributed by atoms with Crippen molar-refractivity contribution in [1.29, 1.82) is 0 Å². The number of rotatable bonds is 4. The summed E-state index contributed by atoms with van der Waals surface area (Å²) in [6.07, 6.45) is -1.51. The van der Waals surface area contributed by atoms with Gasteiger partial charge in [-0.15, -0.1) is 0 Å². The topological polar surface area (TPSA) is 55.4 Å². The Morgan fingerprint density at radius 3 is 2.60 bits per heavy atom. The Bertz CT molecular complexity index is 102. The van der Waals surface area contributed by atoms with Crippen molar-refractivity contribution >= 4 is 5.97 Å². The van der Waals surface area contributed by atoms with Crippen molar-refractivity contribution in [3.63, 3.8) is 0 Å². The largest absolute Gasteiger partial charge is 0.466 e. The Kier molecular flexibility index (Phi) is 4.88. The molecule has 0 aromatic carbocycles. The van der Waals surface area contributed by atoms with Gasteiger partial charge in [0.2, 0.25) is 6.29 Å². The second kappa shape index (κ2) is 5.20. The summed E-state index contributed by atoms with van der Waals surface area (Å²) in [5, 5.41) is 10.5. The van der Waals surface area contributed by atoms with Crippen LogP contribution in [0.15, 0.2) is 0 Å². The van der Waals surface area contributed by atoms with E-state index in [0.29, 0.717) is 6.61 Å². The monoisotopic (exact) mass is 147 g/mol. The lowest BCUT2D eigenvalue weighted by molar-refractivity contribution is -0.163. The van der Waals surface area contributed by atoms with Gasteiger partial charge in [0.15, 0.2) is 0 Å². The van der Waals surface area contributed by atoms with Crippen LogP contribution < -0.4 is 0 Å². The molecule has 0 spiro atoms. The molecule has 0 aliphatic carbocycles. The summed E-state index contributed by atoms with van der Waals surface area (Å²) in [6.45, 7) is 1.99. The molecule has 10 heavy (non-hydrogen) atoms. The quantitative estimate of drug-likeness (QED) is 0.425. The summed E-state index contributed by atoms with van der Waals surface area (Å²) < 4.78 is 8.81. The van der Waals surface area contributed by atoms with Gasteiger partial charge >= 0.3 is 5.97 Å². The van der Waals surface area contributed by atoms with E-state index in [1.807, 2.05) is 0 Å². The highest BCUT2D eigenvalue weighted by atomic mass is 16.6. The van der Waals surface area contributed by atoms with Crippen LogP contribution in [0.25, 0.3) is 0 Å². The molecule has 0 heterocycles. The third-order valence-corrected chi connectivity index (χ3v) is 0.902. The van der Waals surface area contributed by atoms with Gasteiger partial charge in [-0.1, -0.05) is 0 Å². The first kappa shape index (κ1) is 9.39. The van der Waals surface area contributed by atoms with Crippen LogP contribution in [-0.4, -0.2) is 26.0 Å². The average molecular weight is 147 g/mol. The summed E-state index contributed by atoms with van der Waals surface area (Å²) >= 11 is 0. The number of carbonyl (C=O) groups is 1. The van der Waals surface area contributed by atoms with E-state index in [-0.39, 0.29) is 6.42 Å². The van der Waals surface area contributed by atoms with Crippen LogP contribution in [0.4, 0.5) is 0 Å². The molecule has 1 unspecified atom stereocenters. The van der Waals surface area contributed by atoms with Gasteiger partial charge in [0.1, 0.15) is 0 Å². The van der Waals surface area contributed by atoms with Crippen LogP contribution in [0.2, 0.25) is 0 Å². The molecule has 1 atom stereocenters. The smallest absolute Gasteiger partial charge is 0.311 e. The molecule has 0 bridgehead atoms. The highest BCUT2D eigenvalue weighted by Crippen LogP contribution is 1.94. The lowest BCUT2D eigenvalue weighted by atomic mass is 10.4. The summed E-state index contributed by atoms with van der Waals surface area (Å²) in [5.41, 5.74) is 0. The molecule has 0 saturated carbocycles. The third-order valence-electron chi connectivity index (χ3n) is 0.902. The molecule has 0 aliphatic rings. The van der Waals surface area contributed by atoms with Gasteiger partial charge in [-0.05, 0) is 6.92 Å². The second-order valence-corrected chi connectivity index (χ2v) is 1.67. The number of methoxy groups -OCH3 is 1. The number of ether oxygens (including phenoxy) is 2. The van der Waals surface area contributed by atoms with E-state index in [4.69, 9.17) is 0 Å². The molecule has 0 saturated heterocycles. The summed E-state index contributed by atoms with van der Waals surface area (Å²) in [4.78, 5) is 10.5. The number of esters is 1. The van der Waals surface area contributed by atoms with E-state index < -0.39 is 12.3 Å². The van der Waals surface area contributed by atoms with Crippen molar-refractivity contribution in [2.75, 3.05) is 13.7 Å². The van der Waals surface area contributed by atoms with E-state index in [2.05, 4.69) is 9.47 Å². The zero-order valence-electron chi connectivity index (χ0n) is 6.12. The molecule has 0 aliphatic heterocycles. The predicted molar refractivity (Wildman–Crippen MR) is 32.7 cm³/mol. The fourth-order valence-electron chi connectivity index (χ4n) is 0.439. The summed E-state index contributed by atoms with van der Waals surface area (Å²) in [6, 6.07) is 0. The molecule has 4 heteroatoms. The Hall–Kier alpha value is -0.610. The Morgan fingerprint density at radius 1 is 1.60 bits per heavy atom. The van der Waals surface area contributed by atoms with Crippen LogP contribution in [0.3, 0.4) is 0 Å². The molecule has 0 aromatic rings. The predicted octanol–water partition coefficient (Wildman–Crippen LogP) is 0.343. The Labute approximate surface area is 59.7 Å². The van der Waals surface area contributed by atoms with Crippen molar-refractivity contribution in [3.8, 4) is 0 Å². The molecule has 1 radical (unpaired) electrons. The van der Waals surface area contributed by atoms with Gasteiger partial charge in [-0.3, -0.25) is 4.79 Å². The average Bonchev–Trinajstić information content (AvgIpc) is 1.88. The van der Waals surface area contributed by atoms with Gasteiger partial charge in [0.05, 0.1) is 13.0 Å². The van der Waals surface area contributed by atoms with Crippen molar-refractivity contribution in [3.05, 3.63) is 0 Å². The molecule has 59 valence electrons. The first-order chi connectivity index (χ1) is 4.70. The van der Waals surface area contributed by atoms with Crippen LogP contribution in [0, 0.1) is 0 Å². The third kappa shape index (κ3) is 4.29. The van der Waals surface area contributed by atoms with E-state index >= 15 is 0 Å². The van der Waals surface area contributed by atoms with Crippen LogP contribution in [-0.2, 0) is 19.4 Å². The maximum atomic E-state index is 10.5.